The highest BCUT2D eigenvalue weighted by Crippen LogP contribution is 2.32. The van der Waals surface area contributed by atoms with Crippen LogP contribution in [0, 0.1) is 11.3 Å². The van der Waals surface area contributed by atoms with Gasteiger partial charge in [0, 0.05) is 63.4 Å². The van der Waals surface area contributed by atoms with Crippen molar-refractivity contribution in [2.75, 3.05) is 51.8 Å². The number of pyridine rings is 1. The summed E-state index contributed by atoms with van der Waals surface area (Å²) in [5, 5.41) is 12.5. The number of imidazole rings is 1. The average molecular weight is 530 g/mol. The molecule has 0 radical (unpaired) electrons. The smallest absolute Gasteiger partial charge is 0.254 e. The fraction of sp³-hybridized carbons (Fsp3) is 0.448. The predicted molar refractivity (Wildman–Crippen MR) is 147 cm³/mol. The number of nitrogens with one attached hydrogen (secondary N) is 1. The molecule has 1 unspecified atom stereocenters. The standard InChI is InChI=1S/C29H35N7O3/c1-4-39-27-15-26(33-17-23(27)16-30)20(2)36-7-5-24-22(19-34-9-11-38-12-10-34)13-21(14-25(24)28(36)37)18-35-8-6-32-29(35)31-3/h6,8,13-15,17,20H,4-5,7,9-12,18-19H2,1-3H3,(H,31,32). The first-order valence-corrected chi connectivity index (χ1v) is 13.5. The first-order valence-electron chi connectivity index (χ1n) is 13.5. The largest absolute Gasteiger partial charge is 0.492 e. The Hall–Kier alpha value is -3.94. The third-order valence-electron chi connectivity index (χ3n) is 7.49. The Labute approximate surface area is 229 Å². The van der Waals surface area contributed by atoms with Gasteiger partial charge >= 0.3 is 0 Å². The number of morpholine rings is 1. The molecule has 3 aromatic rings. The summed E-state index contributed by atoms with van der Waals surface area (Å²) < 4.78 is 13.3. The van der Waals surface area contributed by atoms with E-state index in [-0.39, 0.29) is 11.9 Å². The number of aromatic nitrogens is 3. The number of anilines is 1. The molecule has 2 aliphatic heterocycles. The van der Waals surface area contributed by atoms with Gasteiger partial charge in [0.2, 0.25) is 5.95 Å². The highest BCUT2D eigenvalue weighted by atomic mass is 16.5. The van der Waals surface area contributed by atoms with Gasteiger partial charge in [-0.1, -0.05) is 6.07 Å². The molecule has 10 nitrogen and oxygen atoms in total. The van der Waals surface area contributed by atoms with Crippen LogP contribution < -0.4 is 10.1 Å². The number of amides is 1. The van der Waals surface area contributed by atoms with Crippen molar-refractivity contribution in [3.8, 4) is 11.8 Å². The van der Waals surface area contributed by atoms with E-state index in [4.69, 9.17) is 9.47 Å². The molecule has 0 spiro atoms. The Bertz CT molecular complexity index is 1370. The molecule has 1 amide bonds. The van der Waals surface area contributed by atoms with Crippen LogP contribution in [0.15, 0.2) is 36.8 Å². The van der Waals surface area contributed by atoms with Gasteiger partial charge in [0.25, 0.3) is 5.91 Å². The van der Waals surface area contributed by atoms with E-state index in [1.165, 1.54) is 11.8 Å². The topological polar surface area (TPSA) is 109 Å². The molecular formula is C29H35N7O3. The lowest BCUT2D eigenvalue weighted by atomic mass is 9.90. The number of carbonyl (C=O) groups is 1. The molecule has 2 aliphatic rings. The summed E-state index contributed by atoms with van der Waals surface area (Å²) >= 11 is 0. The van der Waals surface area contributed by atoms with Crippen molar-refractivity contribution in [3.63, 3.8) is 0 Å². The van der Waals surface area contributed by atoms with Crippen LogP contribution in [0.3, 0.4) is 0 Å². The Kier molecular flexibility index (Phi) is 8.10. The lowest BCUT2D eigenvalue weighted by molar-refractivity contribution is 0.0339. The number of hydrogen-bond acceptors (Lipinski definition) is 8. The molecule has 0 bridgehead atoms. The average Bonchev–Trinajstić information content (AvgIpc) is 3.41. The number of nitrogens with zero attached hydrogens (tertiary/aromatic N) is 6. The van der Waals surface area contributed by atoms with E-state index in [0.717, 1.165) is 61.9 Å². The second-order valence-electron chi connectivity index (χ2n) is 9.87. The van der Waals surface area contributed by atoms with Gasteiger partial charge in [-0.3, -0.25) is 14.7 Å². The van der Waals surface area contributed by atoms with E-state index in [1.54, 1.807) is 12.3 Å². The molecule has 1 saturated heterocycles. The first-order chi connectivity index (χ1) is 19.0. The zero-order valence-corrected chi connectivity index (χ0v) is 22.8. The minimum absolute atomic E-state index is 0.00239. The second-order valence-corrected chi connectivity index (χ2v) is 9.87. The fourth-order valence-electron chi connectivity index (χ4n) is 5.44. The van der Waals surface area contributed by atoms with Gasteiger partial charge in [-0.2, -0.15) is 5.26 Å². The van der Waals surface area contributed by atoms with E-state index in [2.05, 4.69) is 32.3 Å². The summed E-state index contributed by atoms with van der Waals surface area (Å²) in [6.45, 7) is 9.53. The molecule has 1 atom stereocenters. The Morgan fingerprint density at radius 3 is 2.74 bits per heavy atom. The van der Waals surface area contributed by atoms with Gasteiger partial charge in [-0.15, -0.1) is 0 Å². The molecule has 0 saturated carbocycles. The first kappa shape index (κ1) is 26.7. The maximum absolute atomic E-state index is 14.0. The number of rotatable bonds is 9. The highest BCUT2D eigenvalue weighted by molar-refractivity contribution is 5.97. The summed E-state index contributed by atoms with van der Waals surface area (Å²) in [4.78, 5) is 27.2. The third kappa shape index (κ3) is 5.60. The number of benzene rings is 1. The van der Waals surface area contributed by atoms with Gasteiger partial charge in [-0.25, -0.2) is 4.98 Å². The van der Waals surface area contributed by atoms with Gasteiger partial charge in [0.05, 0.1) is 38.1 Å². The Morgan fingerprint density at radius 2 is 2.00 bits per heavy atom. The maximum Gasteiger partial charge on any atom is 0.254 e. The van der Waals surface area contributed by atoms with E-state index < -0.39 is 0 Å². The van der Waals surface area contributed by atoms with Crippen LogP contribution in [0.25, 0.3) is 0 Å². The van der Waals surface area contributed by atoms with Crippen LogP contribution in [0.4, 0.5) is 5.95 Å². The molecule has 10 heteroatoms. The zero-order valence-electron chi connectivity index (χ0n) is 22.8. The molecule has 204 valence electrons. The Morgan fingerprint density at radius 1 is 1.18 bits per heavy atom. The van der Waals surface area contributed by atoms with Crippen molar-refractivity contribution in [2.45, 2.75) is 39.4 Å². The number of fused-ring (bicyclic) bond motifs is 1. The molecule has 1 aromatic carbocycles. The monoisotopic (exact) mass is 529 g/mol. The normalized spacial score (nSPS) is 16.5. The van der Waals surface area contributed by atoms with Crippen molar-refractivity contribution in [2.24, 2.45) is 0 Å². The number of carbonyl (C=O) groups excluding carboxylic acids is 1. The molecule has 1 N–H and O–H groups in total. The van der Waals surface area contributed by atoms with Crippen LogP contribution in [-0.4, -0.2) is 76.7 Å². The molecule has 39 heavy (non-hydrogen) atoms. The van der Waals surface area contributed by atoms with Gasteiger partial charge < -0.3 is 24.3 Å². The van der Waals surface area contributed by atoms with E-state index in [9.17, 15) is 10.1 Å². The van der Waals surface area contributed by atoms with Crippen molar-refractivity contribution in [1.29, 1.82) is 5.26 Å². The third-order valence-corrected chi connectivity index (χ3v) is 7.49. The SMILES string of the molecule is CCOc1cc(C(C)N2CCc3c(CN4CCOCC4)cc(Cn4ccnc4NC)cc3C2=O)ncc1C#N. The van der Waals surface area contributed by atoms with Crippen LogP contribution in [-0.2, 0) is 24.2 Å². The van der Waals surface area contributed by atoms with Crippen LogP contribution in [0.2, 0.25) is 0 Å². The lowest BCUT2D eigenvalue weighted by Gasteiger charge is -2.35. The van der Waals surface area contributed by atoms with Crippen molar-refractivity contribution >= 4 is 11.9 Å². The van der Waals surface area contributed by atoms with E-state index in [1.807, 2.05) is 42.6 Å². The summed E-state index contributed by atoms with van der Waals surface area (Å²) in [5.41, 5.74) is 5.23. The predicted octanol–water partition coefficient (Wildman–Crippen LogP) is 3.23. The molecule has 4 heterocycles. The Balaban J connectivity index is 1.48. The van der Waals surface area contributed by atoms with Gasteiger partial charge in [-0.05, 0) is 43.0 Å². The summed E-state index contributed by atoms with van der Waals surface area (Å²) in [6, 6.07) is 7.93. The summed E-state index contributed by atoms with van der Waals surface area (Å²) in [6.07, 6.45) is 6.01. The van der Waals surface area contributed by atoms with E-state index in [0.29, 0.717) is 36.7 Å². The summed E-state index contributed by atoms with van der Waals surface area (Å²) in [5.74, 6) is 1.27. The minimum Gasteiger partial charge on any atom is -0.492 e. The molecule has 5 rings (SSSR count). The molecule has 1 fully saturated rings. The van der Waals surface area contributed by atoms with Crippen molar-refractivity contribution in [3.05, 3.63) is 70.3 Å². The lowest BCUT2D eigenvalue weighted by Crippen LogP contribution is -2.41. The fourth-order valence-corrected chi connectivity index (χ4v) is 5.44. The zero-order chi connectivity index (χ0) is 27.4. The van der Waals surface area contributed by atoms with Crippen molar-refractivity contribution in [1.82, 2.24) is 24.3 Å². The van der Waals surface area contributed by atoms with Crippen LogP contribution in [0.1, 0.15) is 58.2 Å². The summed E-state index contributed by atoms with van der Waals surface area (Å²) in [7, 11) is 1.85. The highest BCUT2D eigenvalue weighted by Gasteiger charge is 2.32. The van der Waals surface area contributed by atoms with Gasteiger partial charge in [0.15, 0.2) is 0 Å². The van der Waals surface area contributed by atoms with Crippen LogP contribution in [0.5, 0.6) is 5.75 Å². The second kappa shape index (κ2) is 11.8. The van der Waals surface area contributed by atoms with Crippen LogP contribution >= 0.6 is 0 Å². The molecule has 2 aromatic heterocycles. The molecule has 0 aliphatic carbocycles. The molecular weight excluding hydrogens is 494 g/mol. The van der Waals surface area contributed by atoms with Gasteiger partial charge in [0.1, 0.15) is 17.4 Å². The van der Waals surface area contributed by atoms with Crippen molar-refractivity contribution < 1.29 is 14.3 Å². The quantitative estimate of drug-likeness (QED) is 0.450. The number of nitriles is 1. The van der Waals surface area contributed by atoms with E-state index >= 15 is 0 Å². The number of hydrogen-bond donors (Lipinski definition) is 1. The number of ether oxygens (including phenoxy) is 2. The maximum atomic E-state index is 14.0. The minimum atomic E-state index is -0.270.